The Morgan fingerprint density at radius 3 is 2.62 bits per heavy atom. The van der Waals surface area contributed by atoms with Crippen LogP contribution in [-0.2, 0) is 9.53 Å². The van der Waals surface area contributed by atoms with Crippen LogP contribution < -0.4 is 11.1 Å². The number of anilines is 1. The fourth-order valence-corrected chi connectivity index (χ4v) is 2.38. The summed E-state index contributed by atoms with van der Waals surface area (Å²) in [7, 11) is 0. The number of nitrogens with one attached hydrogen (secondary N) is 1. The first-order valence-electron chi connectivity index (χ1n) is 6.84. The van der Waals surface area contributed by atoms with Gasteiger partial charge in [0.05, 0.1) is 13.0 Å². The van der Waals surface area contributed by atoms with Gasteiger partial charge in [-0.1, -0.05) is 36.5 Å². The van der Waals surface area contributed by atoms with Crippen LogP contribution in [0, 0.1) is 0 Å². The Morgan fingerprint density at radius 1 is 1.24 bits per heavy atom. The molecule has 0 radical (unpaired) electrons. The van der Waals surface area contributed by atoms with E-state index in [1.54, 1.807) is 6.92 Å². The molecule has 0 atom stereocenters. The Kier molecular flexibility index (Phi) is 5.11. The molecule has 0 aromatic heterocycles. The van der Waals surface area contributed by atoms with E-state index >= 15 is 0 Å². The topological polar surface area (TPSA) is 64.3 Å². The minimum absolute atomic E-state index is 0.200. The lowest BCUT2D eigenvalue weighted by molar-refractivity contribution is -0.142. The number of ether oxygens (including phenoxy) is 1. The quantitative estimate of drug-likeness (QED) is 0.634. The van der Waals surface area contributed by atoms with Crippen molar-refractivity contribution in [2.45, 2.75) is 13.3 Å². The third-order valence-electron chi connectivity index (χ3n) is 3.14. The van der Waals surface area contributed by atoms with E-state index in [0.29, 0.717) is 24.6 Å². The maximum Gasteiger partial charge on any atom is 0.307 e. The fraction of sp³-hybridized carbons (Fsp3) is 0.250. The second-order valence-corrected chi connectivity index (χ2v) is 4.99. The van der Waals surface area contributed by atoms with Crippen LogP contribution in [0.5, 0.6) is 0 Å². The highest BCUT2D eigenvalue weighted by Gasteiger charge is 2.08. The molecular formula is C16H18N2O2S. The number of hydrogen-bond donors (Lipinski definition) is 2. The van der Waals surface area contributed by atoms with Crippen molar-refractivity contribution < 1.29 is 9.53 Å². The van der Waals surface area contributed by atoms with Gasteiger partial charge in [0.1, 0.15) is 4.99 Å². The van der Waals surface area contributed by atoms with E-state index < -0.39 is 0 Å². The van der Waals surface area contributed by atoms with E-state index in [9.17, 15) is 4.79 Å². The third-order valence-corrected chi connectivity index (χ3v) is 3.36. The van der Waals surface area contributed by atoms with Crippen molar-refractivity contribution in [2.24, 2.45) is 5.73 Å². The largest absolute Gasteiger partial charge is 0.466 e. The van der Waals surface area contributed by atoms with Crippen molar-refractivity contribution in [1.29, 1.82) is 0 Å². The number of carbonyl (C=O) groups excluding carboxylic acids is 1. The smallest absolute Gasteiger partial charge is 0.307 e. The lowest BCUT2D eigenvalue weighted by atomic mass is 10.0. The second kappa shape index (κ2) is 7.04. The Labute approximate surface area is 129 Å². The number of thiocarbonyl (C=S) groups is 1. The summed E-state index contributed by atoms with van der Waals surface area (Å²) < 4.78 is 4.91. The van der Waals surface area contributed by atoms with Gasteiger partial charge in [-0.25, -0.2) is 0 Å². The monoisotopic (exact) mass is 302 g/mol. The second-order valence-electron chi connectivity index (χ2n) is 4.55. The van der Waals surface area contributed by atoms with Crippen LogP contribution in [0.3, 0.4) is 0 Å². The molecule has 2 aromatic rings. The van der Waals surface area contributed by atoms with Crippen molar-refractivity contribution in [3.63, 3.8) is 0 Å². The van der Waals surface area contributed by atoms with Crippen LogP contribution in [0.4, 0.5) is 5.69 Å². The van der Waals surface area contributed by atoms with Gasteiger partial charge in [0.2, 0.25) is 0 Å². The molecule has 0 heterocycles. The summed E-state index contributed by atoms with van der Waals surface area (Å²) in [6.45, 7) is 2.73. The zero-order valence-corrected chi connectivity index (χ0v) is 12.7. The molecular weight excluding hydrogens is 284 g/mol. The number of nitrogens with two attached hydrogens (primary N) is 1. The van der Waals surface area contributed by atoms with Crippen LogP contribution in [0.25, 0.3) is 10.8 Å². The van der Waals surface area contributed by atoms with Crippen molar-refractivity contribution in [3.8, 4) is 0 Å². The van der Waals surface area contributed by atoms with Crippen LogP contribution in [0.2, 0.25) is 0 Å². The highest BCUT2D eigenvalue weighted by Crippen LogP contribution is 2.26. The molecule has 0 aliphatic carbocycles. The standard InChI is InChI=1S/C16H18N2O2S/c1-2-20-15(19)9-10-18-14-8-7-13(16(17)21)11-5-3-4-6-12(11)14/h3-8,18H,2,9-10H2,1H3,(H2,17,21). The van der Waals surface area contributed by atoms with Crippen LogP contribution in [0.1, 0.15) is 18.9 Å². The molecule has 0 bridgehead atoms. The summed E-state index contributed by atoms with van der Waals surface area (Å²) in [5, 5.41) is 5.30. The van der Waals surface area contributed by atoms with Gasteiger partial charge in [0, 0.05) is 23.2 Å². The SMILES string of the molecule is CCOC(=O)CCNc1ccc(C(N)=S)c2ccccc12. The maximum absolute atomic E-state index is 11.3. The zero-order valence-electron chi connectivity index (χ0n) is 11.9. The Balaban J connectivity index is 2.20. The molecule has 0 fully saturated rings. The first-order chi connectivity index (χ1) is 10.1. The van der Waals surface area contributed by atoms with Gasteiger partial charge in [-0.05, 0) is 24.4 Å². The van der Waals surface area contributed by atoms with Crippen LogP contribution in [-0.4, -0.2) is 24.1 Å². The molecule has 3 N–H and O–H groups in total. The average Bonchev–Trinajstić information content (AvgIpc) is 2.47. The van der Waals surface area contributed by atoms with Crippen molar-refractivity contribution in [2.75, 3.05) is 18.5 Å². The van der Waals surface area contributed by atoms with Gasteiger partial charge >= 0.3 is 5.97 Å². The first kappa shape index (κ1) is 15.3. The number of fused-ring (bicyclic) bond motifs is 1. The van der Waals surface area contributed by atoms with Crippen molar-refractivity contribution in [1.82, 2.24) is 0 Å². The lowest BCUT2D eigenvalue weighted by Gasteiger charge is -2.12. The number of esters is 1. The van der Waals surface area contributed by atoms with E-state index in [-0.39, 0.29) is 5.97 Å². The molecule has 5 heteroatoms. The predicted octanol–water partition coefficient (Wildman–Crippen LogP) is 2.84. The molecule has 0 saturated carbocycles. The molecule has 0 amide bonds. The molecule has 2 rings (SSSR count). The lowest BCUT2D eigenvalue weighted by Crippen LogP contribution is -2.13. The van der Waals surface area contributed by atoms with E-state index in [1.165, 1.54) is 0 Å². The van der Waals surface area contributed by atoms with Gasteiger partial charge in [0.25, 0.3) is 0 Å². The molecule has 110 valence electrons. The van der Waals surface area contributed by atoms with Crippen LogP contribution >= 0.6 is 12.2 Å². The van der Waals surface area contributed by atoms with Crippen LogP contribution in [0.15, 0.2) is 36.4 Å². The Hall–Kier alpha value is -2.14. The summed E-state index contributed by atoms with van der Waals surface area (Å²) in [4.78, 5) is 11.7. The number of benzene rings is 2. The Bertz CT molecular complexity index is 670. The van der Waals surface area contributed by atoms with Gasteiger partial charge in [-0.2, -0.15) is 0 Å². The highest BCUT2D eigenvalue weighted by molar-refractivity contribution is 7.80. The summed E-state index contributed by atoms with van der Waals surface area (Å²) in [5.41, 5.74) is 7.56. The number of rotatable bonds is 6. The molecule has 0 aliphatic heterocycles. The molecule has 21 heavy (non-hydrogen) atoms. The maximum atomic E-state index is 11.3. The highest BCUT2D eigenvalue weighted by atomic mass is 32.1. The van der Waals surface area contributed by atoms with Crippen molar-refractivity contribution in [3.05, 3.63) is 42.0 Å². The molecule has 0 spiro atoms. The summed E-state index contributed by atoms with van der Waals surface area (Å²) in [6.07, 6.45) is 0.333. The van der Waals surface area contributed by atoms with E-state index in [4.69, 9.17) is 22.7 Å². The normalized spacial score (nSPS) is 10.3. The summed E-state index contributed by atoms with van der Waals surface area (Å²) in [5.74, 6) is -0.200. The molecule has 2 aromatic carbocycles. The number of hydrogen-bond acceptors (Lipinski definition) is 4. The summed E-state index contributed by atoms with van der Waals surface area (Å²) >= 11 is 5.08. The fourth-order valence-electron chi connectivity index (χ4n) is 2.20. The minimum Gasteiger partial charge on any atom is -0.466 e. The third kappa shape index (κ3) is 3.70. The van der Waals surface area contributed by atoms with Gasteiger partial charge in [0.15, 0.2) is 0 Å². The van der Waals surface area contributed by atoms with Gasteiger partial charge in [-0.3, -0.25) is 4.79 Å². The first-order valence-corrected chi connectivity index (χ1v) is 7.25. The van der Waals surface area contributed by atoms with E-state index in [2.05, 4.69) is 5.32 Å². The molecule has 0 aliphatic rings. The minimum atomic E-state index is -0.200. The van der Waals surface area contributed by atoms with Crippen molar-refractivity contribution >= 4 is 39.6 Å². The molecule has 0 unspecified atom stereocenters. The summed E-state index contributed by atoms with van der Waals surface area (Å²) in [6, 6.07) is 11.7. The van der Waals surface area contributed by atoms with E-state index in [1.807, 2.05) is 36.4 Å². The van der Waals surface area contributed by atoms with Gasteiger partial charge < -0.3 is 15.8 Å². The van der Waals surface area contributed by atoms with Gasteiger partial charge in [-0.15, -0.1) is 0 Å². The Morgan fingerprint density at radius 2 is 1.95 bits per heavy atom. The number of carbonyl (C=O) groups is 1. The average molecular weight is 302 g/mol. The predicted molar refractivity (Wildman–Crippen MR) is 89.6 cm³/mol. The zero-order chi connectivity index (χ0) is 15.2. The van der Waals surface area contributed by atoms with E-state index in [0.717, 1.165) is 22.0 Å². The molecule has 0 saturated heterocycles. The molecule has 4 nitrogen and oxygen atoms in total.